The van der Waals surface area contributed by atoms with Crippen LogP contribution in [0.15, 0.2) is 36.6 Å². The number of rotatable bonds is 13. The maximum absolute atomic E-state index is 12.1. The minimum atomic E-state index is -0.477. The molecule has 134 valence electrons. The zero-order chi connectivity index (χ0) is 17.5. The van der Waals surface area contributed by atoms with E-state index in [1.807, 2.05) is 30.3 Å². The fourth-order valence-corrected chi connectivity index (χ4v) is 2.35. The molecule has 0 aliphatic heterocycles. The monoisotopic (exact) mass is 334 g/mol. The number of ether oxygens (including phenoxy) is 2. The molecule has 4 nitrogen and oxygen atoms in total. The van der Waals surface area contributed by atoms with Gasteiger partial charge >= 0.3 is 5.97 Å². The lowest BCUT2D eigenvalue weighted by atomic mass is 10.1. The SMILES string of the molecule is CCCCCCCCCOC=C(C(=O)OCCO)c1ccccc1. The molecule has 0 saturated heterocycles. The summed E-state index contributed by atoms with van der Waals surface area (Å²) in [6, 6.07) is 9.28. The van der Waals surface area contributed by atoms with E-state index in [4.69, 9.17) is 14.6 Å². The van der Waals surface area contributed by atoms with Gasteiger partial charge in [0, 0.05) is 0 Å². The number of carbonyl (C=O) groups is 1. The van der Waals surface area contributed by atoms with Gasteiger partial charge in [-0.05, 0) is 12.0 Å². The predicted molar refractivity (Wildman–Crippen MR) is 96.4 cm³/mol. The Labute approximate surface area is 145 Å². The lowest BCUT2D eigenvalue weighted by molar-refractivity contribution is -0.137. The van der Waals surface area contributed by atoms with Gasteiger partial charge in [0.2, 0.25) is 0 Å². The molecule has 24 heavy (non-hydrogen) atoms. The molecule has 0 spiro atoms. The van der Waals surface area contributed by atoms with Gasteiger partial charge in [0.1, 0.15) is 12.2 Å². The van der Waals surface area contributed by atoms with Crippen molar-refractivity contribution >= 4 is 11.5 Å². The van der Waals surface area contributed by atoms with Crippen LogP contribution in [0.1, 0.15) is 57.4 Å². The van der Waals surface area contributed by atoms with E-state index in [-0.39, 0.29) is 13.2 Å². The van der Waals surface area contributed by atoms with Gasteiger partial charge in [-0.2, -0.15) is 0 Å². The summed E-state index contributed by atoms with van der Waals surface area (Å²) in [5.41, 5.74) is 1.13. The van der Waals surface area contributed by atoms with Crippen molar-refractivity contribution < 1.29 is 19.4 Å². The molecule has 0 unspecified atom stereocenters. The first kappa shape index (κ1) is 20.2. The zero-order valence-electron chi connectivity index (χ0n) is 14.7. The third kappa shape index (κ3) is 8.73. The molecule has 0 atom stereocenters. The van der Waals surface area contributed by atoms with E-state index in [1.165, 1.54) is 38.4 Å². The Morgan fingerprint density at radius 3 is 2.33 bits per heavy atom. The number of esters is 1. The maximum atomic E-state index is 12.1. The van der Waals surface area contributed by atoms with E-state index >= 15 is 0 Å². The smallest absolute Gasteiger partial charge is 0.341 e. The van der Waals surface area contributed by atoms with Crippen LogP contribution in [0.4, 0.5) is 0 Å². The Balaban J connectivity index is 2.40. The molecule has 0 amide bonds. The largest absolute Gasteiger partial charge is 0.500 e. The third-order valence-corrected chi connectivity index (χ3v) is 3.70. The van der Waals surface area contributed by atoms with Gasteiger partial charge in [-0.25, -0.2) is 4.79 Å². The number of aliphatic hydroxyl groups is 1. The van der Waals surface area contributed by atoms with Crippen molar-refractivity contribution in [1.29, 1.82) is 0 Å². The van der Waals surface area contributed by atoms with Crippen molar-refractivity contribution in [3.63, 3.8) is 0 Å². The molecule has 1 aromatic rings. The summed E-state index contributed by atoms with van der Waals surface area (Å²) in [4.78, 5) is 12.1. The van der Waals surface area contributed by atoms with Crippen molar-refractivity contribution in [2.75, 3.05) is 19.8 Å². The minimum Gasteiger partial charge on any atom is -0.500 e. The molecule has 0 fully saturated rings. The summed E-state index contributed by atoms with van der Waals surface area (Å²) in [5, 5.41) is 8.79. The minimum absolute atomic E-state index is 0.0131. The molecular formula is C20H30O4. The topological polar surface area (TPSA) is 55.8 Å². The second kappa shape index (κ2) is 13.6. The lowest BCUT2D eigenvalue weighted by Gasteiger charge is -2.08. The Kier molecular flexibility index (Phi) is 11.5. The second-order valence-electron chi connectivity index (χ2n) is 5.75. The molecule has 0 aliphatic rings. The van der Waals surface area contributed by atoms with Gasteiger partial charge in [-0.1, -0.05) is 75.8 Å². The molecule has 1 rings (SSSR count). The van der Waals surface area contributed by atoms with E-state index in [9.17, 15) is 4.79 Å². The first-order valence-electron chi connectivity index (χ1n) is 8.94. The summed E-state index contributed by atoms with van der Waals surface area (Å²) in [5.74, 6) is -0.477. The molecule has 1 N–H and O–H groups in total. The van der Waals surface area contributed by atoms with E-state index in [0.717, 1.165) is 18.4 Å². The van der Waals surface area contributed by atoms with E-state index in [2.05, 4.69) is 6.92 Å². The van der Waals surface area contributed by atoms with Crippen LogP contribution in [0.5, 0.6) is 0 Å². The predicted octanol–water partition coefficient (Wildman–Crippen LogP) is 4.33. The maximum Gasteiger partial charge on any atom is 0.341 e. The molecule has 0 radical (unpaired) electrons. The van der Waals surface area contributed by atoms with Gasteiger partial charge in [0.25, 0.3) is 0 Å². The van der Waals surface area contributed by atoms with Gasteiger partial charge in [-0.15, -0.1) is 0 Å². The third-order valence-electron chi connectivity index (χ3n) is 3.70. The van der Waals surface area contributed by atoms with Crippen LogP contribution in [0.3, 0.4) is 0 Å². The quantitative estimate of drug-likeness (QED) is 0.252. The Morgan fingerprint density at radius 2 is 1.67 bits per heavy atom. The van der Waals surface area contributed by atoms with Crippen molar-refractivity contribution in [3.05, 3.63) is 42.2 Å². The second-order valence-corrected chi connectivity index (χ2v) is 5.75. The van der Waals surface area contributed by atoms with Crippen LogP contribution in [-0.2, 0) is 14.3 Å². The molecule has 0 aliphatic carbocycles. The summed E-state index contributed by atoms with van der Waals surface area (Å²) < 4.78 is 10.6. The first-order valence-corrected chi connectivity index (χ1v) is 8.94. The number of aliphatic hydroxyl groups excluding tert-OH is 1. The molecule has 0 saturated carbocycles. The van der Waals surface area contributed by atoms with Crippen LogP contribution < -0.4 is 0 Å². The highest BCUT2D eigenvalue weighted by atomic mass is 16.5. The zero-order valence-corrected chi connectivity index (χ0v) is 14.7. The summed E-state index contributed by atoms with van der Waals surface area (Å²) in [7, 11) is 0. The molecule has 0 heterocycles. The van der Waals surface area contributed by atoms with Gasteiger partial charge in [0.15, 0.2) is 0 Å². The number of hydrogen-bond donors (Lipinski definition) is 1. The fraction of sp³-hybridized carbons (Fsp3) is 0.550. The van der Waals surface area contributed by atoms with E-state index < -0.39 is 5.97 Å². The molecular weight excluding hydrogens is 304 g/mol. The standard InChI is InChI=1S/C20H30O4/c1-2-3-4-5-6-7-11-15-23-17-19(20(22)24-16-14-21)18-12-9-8-10-13-18/h8-10,12-13,17,21H,2-7,11,14-16H2,1H3. The van der Waals surface area contributed by atoms with Crippen molar-refractivity contribution in [2.24, 2.45) is 0 Å². The van der Waals surface area contributed by atoms with Gasteiger partial charge < -0.3 is 14.6 Å². The summed E-state index contributed by atoms with van der Waals surface area (Å²) >= 11 is 0. The summed E-state index contributed by atoms with van der Waals surface area (Å²) in [6.07, 6.45) is 10.0. The van der Waals surface area contributed by atoms with Crippen LogP contribution >= 0.6 is 0 Å². The molecule has 0 aromatic heterocycles. The van der Waals surface area contributed by atoms with Gasteiger partial charge in [-0.3, -0.25) is 0 Å². The lowest BCUT2D eigenvalue weighted by Crippen LogP contribution is -2.11. The number of unbranched alkanes of at least 4 members (excludes halogenated alkanes) is 6. The average Bonchev–Trinajstić information content (AvgIpc) is 2.62. The van der Waals surface area contributed by atoms with Crippen molar-refractivity contribution in [3.8, 4) is 0 Å². The average molecular weight is 334 g/mol. The van der Waals surface area contributed by atoms with Crippen LogP contribution in [-0.4, -0.2) is 30.9 Å². The van der Waals surface area contributed by atoms with Crippen molar-refractivity contribution in [2.45, 2.75) is 51.9 Å². The first-order chi connectivity index (χ1) is 11.8. The van der Waals surface area contributed by atoms with Gasteiger partial charge in [0.05, 0.1) is 19.5 Å². The molecule has 4 heteroatoms. The van der Waals surface area contributed by atoms with Crippen LogP contribution in [0, 0.1) is 0 Å². The molecule has 1 aromatic carbocycles. The Morgan fingerprint density at radius 1 is 1.00 bits per heavy atom. The number of benzene rings is 1. The van der Waals surface area contributed by atoms with Crippen LogP contribution in [0.25, 0.3) is 5.57 Å². The highest BCUT2D eigenvalue weighted by Crippen LogP contribution is 2.16. The highest BCUT2D eigenvalue weighted by Gasteiger charge is 2.13. The normalized spacial score (nSPS) is 11.3. The fourth-order valence-electron chi connectivity index (χ4n) is 2.35. The van der Waals surface area contributed by atoms with E-state index in [0.29, 0.717) is 12.2 Å². The van der Waals surface area contributed by atoms with E-state index in [1.54, 1.807) is 0 Å². The highest BCUT2D eigenvalue weighted by molar-refractivity contribution is 6.16. The van der Waals surface area contributed by atoms with Crippen LogP contribution in [0.2, 0.25) is 0 Å². The number of carbonyl (C=O) groups excluding carboxylic acids is 1. The van der Waals surface area contributed by atoms with Crippen molar-refractivity contribution in [1.82, 2.24) is 0 Å². The summed E-state index contributed by atoms with van der Waals surface area (Å²) in [6.45, 7) is 2.61. The Bertz CT molecular complexity index is 468. The Hall–Kier alpha value is -1.81. The molecule has 0 bridgehead atoms. The number of hydrogen-bond acceptors (Lipinski definition) is 4.